The molecule has 0 radical (unpaired) electrons. The van der Waals surface area contributed by atoms with Gasteiger partial charge in [0, 0.05) is 11.1 Å². The summed E-state index contributed by atoms with van der Waals surface area (Å²) in [5, 5.41) is 1.09. The van der Waals surface area contributed by atoms with Gasteiger partial charge in [0.15, 0.2) is 10.1 Å². The topological polar surface area (TPSA) is 18.5 Å². The SMILES string of the molecule is Cc1ccccc1.Cc1ccccc1.S=C(OCc1ccccc1)c1ccccc1.S=C(OCc1ccccc1)c1ccccc1. The van der Waals surface area contributed by atoms with E-state index in [4.69, 9.17) is 33.9 Å². The van der Waals surface area contributed by atoms with Crippen LogP contribution >= 0.6 is 24.4 Å². The Morgan fingerprint density at radius 1 is 0.370 bits per heavy atom. The number of thiocarbonyl (C=S) groups is 2. The van der Waals surface area contributed by atoms with Gasteiger partial charge in [0.1, 0.15) is 13.2 Å². The van der Waals surface area contributed by atoms with Crippen LogP contribution in [0.4, 0.5) is 0 Å². The van der Waals surface area contributed by atoms with Crippen molar-refractivity contribution in [1.29, 1.82) is 0 Å². The Morgan fingerprint density at radius 3 is 0.848 bits per heavy atom. The molecule has 0 spiro atoms. The molecule has 0 aliphatic rings. The van der Waals surface area contributed by atoms with Crippen molar-refractivity contribution in [1.82, 2.24) is 0 Å². The highest BCUT2D eigenvalue weighted by atomic mass is 32.1. The van der Waals surface area contributed by atoms with Crippen LogP contribution in [0, 0.1) is 13.8 Å². The second kappa shape index (κ2) is 21.7. The van der Waals surface area contributed by atoms with Gasteiger partial charge in [-0.1, -0.05) is 193 Å². The smallest absolute Gasteiger partial charge is 0.191 e. The predicted molar refractivity (Wildman–Crippen MR) is 201 cm³/mol. The van der Waals surface area contributed by atoms with Gasteiger partial charge in [0.2, 0.25) is 0 Å². The zero-order chi connectivity index (χ0) is 32.7. The van der Waals surface area contributed by atoms with Crippen LogP contribution in [0.15, 0.2) is 182 Å². The fourth-order valence-corrected chi connectivity index (χ4v) is 4.22. The highest BCUT2D eigenvalue weighted by Crippen LogP contribution is 2.08. The number of aryl methyl sites for hydroxylation is 2. The van der Waals surface area contributed by atoms with Gasteiger partial charge in [0.05, 0.1) is 0 Å². The van der Waals surface area contributed by atoms with E-state index in [1.165, 1.54) is 11.1 Å². The van der Waals surface area contributed by atoms with E-state index in [0.29, 0.717) is 23.3 Å². The highest BCUT2D eigenvalue weighted by molar-refractivity contribution is 7.80. The van der Waals surface area contributed by atoms with Crippen molar-refractivity contribution < 1.29 is 9.47 Å². The summed E-state index contributed by atoms with van der Waals surface area (Å²) in [6, 6.07) is 60.1. The first kappa shape index (κ1) is 35.6. The van der Waals surface area contributed by atoms with Gasteiger partial charge in [0.25, 0.3) is 0 Å². The normalized spacial score (nSPS) is 9.43. The summed E-state index contributed by atoms with van der Waals surface area (Å²) in [6.07, 6.45) is 0. The Bertz CT molecular complexity index is 1520. The second-order valence-corrected chi connectivity index (χ2v) is 10.9. The molecule has 6 aromatic rings. The van der Waals surface area contributed by atoms with Gasteiger partial charge in [-0.2, -0.15) is 0 Å². The summed E-state index contributed by atoms with van der Waals surface area (Å²) in [6.45, 7) is 5.21. The lowest BCUT2D eigenvalue weighted by molar-refractivity contribution is 0.302. The number of hydrogen-bond acceptors (Lipinski definition) is 4. The number of rotatable bonds is 6. The van der Waals surface area contributed by atoms with Crippen molar-refractivity contribution in [2.24, 2.45) is 0 Å². The third-order valence-corrected chi connectivity index (χ3v) is 7.03. The first-order valence-corrected chi connectivity index (χ1v) is 15.9. The molecule has 0 unspecified atom stereocenters. The molecular formula is C42H40O2S2. The first-order valence-electron chi connectivity index (χ1n) is 15.1. The lowest BCUT2D eigenvalue weighted by Gasteiger charge is -2.07. The average molecular weight is 641 g/mol. The van der Waals surface area contributed by atoms with E-state index in [9.17, 15) is 0 Å². The van der Waals surface area contributed by atoms with Gasteiger partial charge in [-0.3, -0.25) is 0 Å². The zero-order valence-corrected chi connectivity index (χ0v) is 28.0. The van der Waals surface area contributed by atoms with Crippen molar-refractivity contribution >= 4 is 34.5 Å². The quantitative estimate of drug-likeness (QED) is 0.169. The van der Waals surface area contributed by atoms with Crippen LogP contribution in [0.25, 0.3) is 0 Å². The van der Waals surface area contributed by atoms with E-state index >= 15 is 0 Å². The van der Waals surface area contributed by atoms with Crippen molar-refractivity contribution in [2.45, 2.75) is 27.1 Å². The summed E-state index contributed by atoms with van der Waals surface area (Å²) < 4.78 is 11.1. The van der Waals surface area contributed by atoms with Crippen molar-refractivity contribution in [2.75, 3.05) is 0 Å². The second-order valence-electron chi connectivity index (χ2n) is 10.2. The van der Waals surface area contributed by atoms with Crippen LogP contribution in [0.1, 0.15) is 33.4 Å². The minimum absolute atomic E-state index is 0.522. The summed E-state index contributed by atoms with van der Waals surface area (Å²) in [5.74, 6) is 0. The van der Waals surface area contributed by atoms with Gasteiger partial charge in [-0.25, -0.2) is 0 Å². The third kappa shape index (κ3) is 15.2. The first-order chi connectivity index (χ1) is 22.5. The lowest BCUT2D eigenvalue weighted by atomic mass is 10.2. The molecule has 0 aromatic heterocycles. The fraction of sp³-hybridized carbons (Fsp3) is 0.0952. The summed E-state index contributed by atoms with van der Waals surface area (Å²) in [7, 11) is 0. The molecule has 2 nitrogen and oxygen atoms in total. The molecule has 0 atom stereocenters. The zero-order valence-electron chi connectivity index (χ0n) is 26.4. The standard InChI is InChI=1S/2C14H12OS.2C7H8/c2*16-14(13-9-5-2-6-10-13)15-11-12-7-3-1-4-8-12;2*1-7-5-3-2-4-6-7/h2*1-10H,11H2;2*2-6H,1H3. The van der Waals surface area contributed by atoms with Gasteiger partial charge in [-0.05, 0) is 49.4 Å². The minimum atomic E-state index is 0.522. The van der Waals surface area contributed by atoms with E-state index in [-0.39, 0.29) is 0 Å². The van der Waals surface area contributed by atoms with E-state index in [1.54, 1.807) is 0 Å². The van der Waals surface area contributed by atoms with E-state index < -0.39 is 0 Å². The molecule has 0 aliphatic heterocycles. The van der Waals surface area contributed by atoms with Gasteiger partial charge in [-0.15, -0.1) is 0 Å². The largest absolute Gasteiger partial charge is 0.478 e. The Kier molecular flexibility index (Phi) is 16.8. The van der Waals surface area contributed by atoms with Gasteiger partial charge >= 0.3 is 0 Å². The maximum absolute atomic E-state index is 5.55. The fourth-order valence-electron chi connectivity index (χ4n) is 3.83. The molecule has 0 bridgehead atoms. The highest BCUT2D eigenvalue weighted by Gasteiger charge is 2.02. The van der Waals surface area contributed by atoms with Crippen LogP contribution in [-0.4, -0.2) is 10.1 Å². The summed E-state index contributed by atoms with van der Waals surface area (Å²) in [4.78, 5) is 0. The Labute approximate surface area is 285 Å². The molecule has 0 heterocycles. The number of hydrogen-bond donors (Lipinski definition) is 0. The van der Waals surface area contributed by atoms with Crippen LogP contribution in [0.2, 0.25) is 0 Å². The van der Waals surface area contributed by atoms with Crippen LogP contribution in [0.3, 0.4) is 0 Å². The Hall–Kier alpha value is -4.90. The van der Waals surface area contributed by atoms with Crippen molar-refractivity contribution in [3.8, 4) is 0 Å². The number of ether oxygens (including phenoxy) is 2. The molecule has 6 aromatic carbocycles. The Balaban J connectivity index is 0.000000179. The summed E-state index contributed by atoms with van der Waals surface area (Å²) in [5.41, 5.74) is 6.80. The van der Waals surface area contributed by atoms with E-state index in [0.717, 1.165) is 22.3 Å². The molecule has 0 saturated heterocycles. The molecule has 0 fully saturated rings. The molecule has 0 saturated carbocycles. The van der Waals surface area contributed by atoms with Crippen molar-refractivity contribution in [3.05, 3.63) is 215 Å². The maximum atomic E-state index is 5.55. The molecular weight excluding hydrogens is 601 g/mol. The molecule has 232 valence electrons. The van der Waals surface area contributed by atoms with Crippen LogP contribution < -0.4 is 0 Å². The lowest BCUT2D eigenvalue weighted by Crippen LogP contribution is -2.03. The monoisotopic (exact) mass is 640 g/mol. The summed E-state index contributed by atoms with van der Waals surface area (Å²) >= 11 is 10.4. The third-order valence-electron chi connectivity index (χ3n) is 6.33. The average Bonchev–Trinajstić information content (AvgIpc) is 3.13. The van der Waals surface area contributed by atoms with Gasteiger partial charge < -0.3 is 9.47 Å². The van der Waals surface area contributed by atoms with E-state index in [1.807, 2.05) is 158 Å². The van der Waals surface area contributed by atoms with E-state index in [2.05, 4.69) is 38.1 Å². The molecule has 46 heavy (non-hydrogen) atoms. The number of benzene rings is 6. The molecule has 0 aliphatic carbocycles. The van der Waals surface area contributed by atoms with Crippen molar-refractivity contribution in [3.63, 3.8) is 0 Å². The van der Waals surface area contributed by atoms with Crippen LogP contribution in [0.5, 0.6) is 0 Å². The minimum Gasteiger partial charge on any atom is -0.478 e. The molecule has 0 N–H and O–H groups in total. The molecule has 6 rings (SSSR count). The molecule has 0 amide bonds. The predicted octanol–water partition coefficient (Wildman–Crippen LogP) is 11.1. The molecule has 4 heteroatoms. The Morgan fingerprint density at radius 2 is 0.609 bits per heavy atom. The van der Waals surface area contributed by atoms with Crippen LogP contribution in [-0.2, 0) is 22.7 Å². The maximum Gasteiger partial charge on any atom is 0.191 e.